The van der Waals surface area contributed by atoms with E-state index in [2.05, 4.69) is 4.90 Å². The number of ether oxygens (including phenoxy) is 1. The molecule has 19 heavy (non-hydrogen) atoms. The van der Waals surface area contributed by atoms with Gasteiger partial charge in [0.25, 0.3) is 0 Å². The Morgan fingerprint density at radius 3 is 2.58 bits per heavy atom. The summed E-state index contributed by atoms with van der Waals surface area (Å²) < 4.78 is 41.0. The molecule has 0 spiro atoms. The van der Waals surface area contributed by atoms with Crippen LogP contribution in [0.5, 0.6) is 5.75 Å². The van der Waals surface area contributed by atoms with E-state index in [0.717, 1.165) is 25.7 Å². The van der Waals surface area contributed by atoms with Crippen molar-refractivity contribution in [1.29, 1.82) is 0 Å². The van der Waals surface area contributed by atoms with Crippen LogP contribution in [-0.4, -0.2) is 39.6 Å². The molecule has 0 bridgehead atoms. The third kappa shape index (κ3) is 3.89. The zero-order valence-corrected chi connectivity index (χ0v) is 11.3. The molecule has 0 amide bonds. The molecule has 2 N–H and O–H groups in total. The van der Waals surface area contributed by atoms with E-state index in [1.54, 1.807) is 0 Å². The first-order valence-corrected chi connectivity index (χ1v) is 7.69. The van der Waals surface area contributed by atoms with Crippen molar-refractivity contribution in [2.24, 2.45) is 5.14 Å². The highest BCUT2D eigenvalue weighted by Crippen LogP contribution is 2.20. The topological polar surface area (TPSA) is 72.6 Å². The molecule has 7 heteroatoms. The van der Waals surface area contributed by atoms with Crippen molar-refractivity contribution in [3.8, 4) is 5.75 Å². The number of hydrogen-bond donors (Lipinski definition) is 1. The standard InChI is InChI=1S/C12H17FN2O3S/c13-11-9-10(19(14,16)17)3-4-12(11)18-8-7-15-5-1-2-6-15/h3-4,9H,1-2,5-8H2,(H2,14,16,17). The van der Waals surface area contributed by atoms with Gasteiger partial charge in [0.1, 0.15) is 6.61 Å². The zero-order valence-electron chi connectivity index (χ0n) is 10.5. The lowest BCUT2D eigenvalue weighted by atomic mass is 10.3. The van der Waals surface area contributed by atoms with Crippen LogP contribution in [0.4, 0.5) is 4.39 Å². The summed E-state index contributed by atoms with van der Waals surface area (Å²) in [6.45, 7) is 3.23. The van der Waals surface area contributed by atoms with Crippen molar-refractivity contribution in [3.05, 3.63) is 24.0 Å². The van der Waals surface area contributed by atoms with Crippen molar-refractivity contribution in [3.63, 3.8) is 0 Å². The molecule has 0 radical (unpaired) electrons. The summed E-state index contributed by atoms with van der Waals surface area (Å²) in [6.07, 6.45) is 2.38. The molecule has 1 aliphatic rings. The van der Waals surface area contributed by atoms with Crippen molar-refractivity contribution in [2.75, 3.05) is 26.2 Å². The number of sulfonamides is 1. The summed E-state index contributed by atoms with van der Waals surface area (Å²) in [5, 5.41) is 4.92. The molecule has 0 aliphatic carbocycles. The highest BCUT2D eigenvalue weighted by molar-refractivity contribution is 7.89. The molecule has 0 aromatic heterocycles. The monoisotopic (exact) mass is 288 g/mol. The largest absolute Gasteiger partial charge is 0.489 e. The van der Waals surface area contributed by atoms with Gasteiger partial charge < -0.3 is 4.74 Å². The normalized spacial score (nSPS) is 16.7. The van der Waals surface area contributed by atoms with E-state index in [-0.39, 0.29) is 10.6 Å². The number of likely N-dealkylation sites (tertiary alicyclic amines) is 1. The highest BCUT2D eigenvalue weighted by atomic mass is 32.2. The number of rotatable bonds is 5. The Kier molecular flexibility index (Phi) is 4.38. The van der Waals surface area contributed by atoms with Gasteiger partial charge in [0.05, 0.1) is 4.90 Å². The van der Waals surface area contributed by atoms with Crippen molar-refractivity contribution < 1.29 is 17.5 Å². The molecule has 2 rings (SSSR count). The minimum absolute atomic E-state index is 0.0478. The number of primary sulfonamides is 1. The smallest absolute Gasteiger partial charge is 0.238 e. The molecule has 1 aliphatic heterocycles. The van der Waals surface area contributed by atoms with Gasteiger partial charge >= 0.3 is 0 Å². The summed E-state index contributed by atoms with van der Waals surface area (Å²) in [6, 6.07) is 3.41. The van der Waals surface area contributed by atoms with E-state index >= 15 is 0 Å². The fraction of sp³-hybridized carbons (Fsp3) is 0.500. The van der Waals surface area contributed by atoms with Crippen LogP contribution in [0.2, 0.25) is 0 Å². The second-order valence-corrected chi connectivity index (χ2v) is 6.10. The first-order chi connectivity index (χ1) is 8.97. The maximum Gasteiger partial charge on any atom is 0.238 e. The predicted molar refractivity (Wildman–Crippen MR) is 68.9 cm³/mol. The number of nitrogens with two attached hydrogens (primary N) is 1. The number of hydrogen-bond acceptors (Lipinski definition) is 4. The average Bonchev–Trinajstić information content (AvgIpc) is 2.83. The molecular weight excluding hydrogens is 271 g/mol. The van der Waals surface area contributed by atoms with Gasteiger partial charge in [-0.2, -0.15) is 0 Å². The first-order valence-electron chi connectivity index (χ1n) is 6.14. The molecule has 106 valence electrons. The Morgan fingerprint density at radius 2 is 2.00 bits per heavy atom. The summed E-state index contributed by atoms with van der Waals surface area (Å²) in [5.41, 5.74) is 0. The second-order valence-electron chi connectivity index (χ2n) is 4.53. The van der Waals surface area contributed by atoms with Gasteiger partial charge in [0.2, 0.25) is 10.0 Å². The van der Waals surface area contributed by atoms with E-state index in [1.807, 2.05) is 0 Å². The van der Waals surface area contributed by atoms with Crippen molar-refractivity contribution >= 4 is 10.0 Å². The van der Waals surface area contributed by atoms with Crippen LogP contribution in [0.3, 0.4) is 0 Å². The molecule has 0 saturated carbocycles. The predicted octanol–water partition coefficient (Wildman–Crippen LogP) is 0.948. The van der Waals surface area contributed by atoms with Crippen LogP contribution in [0.15, 0.2) is 23.1 Å². The van der Waals surface area contributed by atoms with E-state index in [1.165, 1.54) is 25.0 Å². The van der Waals surface area contributed by atoms with Gasteiger partial charge in [-0.05, 0) is 44.1 Å². The van der Waals surface area contributed by atoms with Crippen LogP contribution >= 0.6 is 0 Å². The Labute approximate surface area is 112 Å². The summed E-state index contributed by atoms with van der Waals surface area (Å²) in [5.74, 6) is -0.667. The molecule has 0 unspecified atom stereocenters. The lowest BCUT2D eigenvalue weighted by Crippen LogP contribution is -2.25. The third-order valence-electron chi connectivity index (χ3n) is 3.10. The lowest BCUT2D eigenvalue weighted by Gasteiger charge is -2.15. The fourth-order valence-electron chi connectivity index (χ4n) is 2.07. The zero-order chi connectivity index (χ0) is 13.9. The second kappa shape index (κ2) is 5.85. The van der Waals surface area contributed by atoms with E-state index < -0.39 is 15.8 Å². The number of nitrogens with zero attached hydrogens (tertiary/aromatic N) is 1. The molecule has 1 aromatic carbocycles. The van der Waals surface area contributed by atoms with Gasteiger partial charge in [-0.25, -0.2) is 17.9 Å². The summed E-state index contributed by atoms with van der Waals surface area (Å²) in [7, 11) is -3.88. The summed E-state index contributed by atoms with van der Waals surface area (Å²) in [4.78, 5) is 1.99. The van der Waals surface area contributed by atoms with Crippen LogP contribution in [0, 0.1) is 5.82 Å². The van der Waals surface area contributed by atoms with Crippen LogP contribution < -0.4 is 9.88 Å². The molecule has 1 heterocycles. The molecule has 5 nitrogen and oxygen atoms in total. The van der Waals surface area contributed by atoms with Crippen LogP contribution in [0.1, 0.15) is 12.8 Å². The van der Waals surface area contributed by atoms with Gasteiger partial charge in [0, 0.05) is 6.54 Å². The average molecular weight is 288 g/mol. The molecular formula is C12H17FN2O3S. The Morgan fingerprint density at radius 1 is 1.32 bits per heavy atom. The highest BCUT2D eigenvalue weighted by Gasteiger charge is 2.14. The minimum Gasteiger partial charge on any atom is -0.489 e. The maximum absolute atomic E-state index is 13.6. The van der Waals surface area contributed by atoms with Gasteiger partial charge in [0.15, 0.2) is 11.6 Å². The molecule has 1 aromatic rings. The fourth-order valence-corrected chi connectivity index (χ4v) is 2.59. The Hall–Kier alpha value is -1.18. The minimum atomic E-state index is -3.88. The van der Waals surface area contributed by atoms with Gasteiger partial charge in [-0.1, -0.05) is 0 Å². The van der Waals surface area contributed by atoms with Gasteiger partial charge in [-0.3, -0.25) is 4.90 Å². The molecule has 1 saturated heterocycles. The maximum atomic E-state index is 13.6. The van der Waals surface area contributed by atoms with E-state index in [4.69, 9.17) is 9.88 Å². The van der Waals surface area contributed by atoms with Gasteiger partial charge in [-0.15, -0.1) is 0 Å². The third-order valence-corrected chi connectivity index (χ3v) is 4.01. The van der Waals surface area contributed by atoms with Crippen LogP contribution in [-0.2, 0) is 10.0 Å². The number of halogens is 1. The Balaban J connectivity index is 1.93. The quantitative estimate of drug-likeness (QED) is 0.875. The molecule has 1 fully saturated rings. The van der Waals surface area contributed by atoms with Crippen molar-refractivity contribution in [1.82, 2.24) is 4.90 Å². The van der Waals surface area contributed by atoms with E-state index in [9.17, 15) is 12.8 Å². The SMILES string of the molecule is NS(=O)(=O)c1ccc(OCCN2CCCC2)c(F)c1. The Bertz CT molecular complexity index is 542. The van der Waals surface area contributed by atoms with E-state index in [0.29, 0.717) is 6.61 Å². The number of benzene rings is 1. The lowest BCUT2D eigenvalue weighted by molar-refractivity contribution is 0.231. The summed E-state index contributed by atoms with van der Waals surface area (Å²) >= 11 is 0. The van der Waals surface area contributed by atoms with Crippen LogP contribution in [0.25, 0.3) is 0 Å². The first kappa shape index (κ1) is 14.2. The molecule has 0 atom stereocenters. The van der Waals surface area contributed by atoms with Crippen molar-refractivity contribution in [2.45, 2.75) is 17.7 Å².